The number of nitrogens with one attached hydrogen (secondary N) is 3. The molecule has 8 nitrogen and oxygen atoms in total. The molecule has 1 atom stereocenters. The molecule has 162 valence electrons. The number of thioether (sulfide) groups is 1. The van der Waals surface area contributed by atoms with Gasteiger partial charge in [0, 0.05) is 30.1 Å². The molecule has 31 heavy (non-hydrogen) atoms. The van der Waals surface area contributed by atoms with Crippen molar-refractivity contribution in [3.05, 3.63) is 53.6 Å². The van der Waals surface area contributed by atoms with E-state index in [9.17, 15) is 5.11 Å². The minimum absolute atomic E-state index is 0.331. The van der Waals surface area contributed by atoms with Crippen molar-refractivity contribution in [1.82, 2.24) is 19.9 Å². The Hall–Kier alpha value is -3.01. The van der Waals surface area contributed by atoms with Gasteiger partial charge in [0.25, 0.3) is 0 Å². The number of H-pyrrole nitrogens is 1. The molecule has 0 saturated carbocycles. The second-order valence-corrected chi connectivity index (χ2v) is 7.77. The molecule has 9 heteroatoms. The van der Waals surface area contributed by atoms with Gasteiger partial charge in [-0.3, -0.25) is 10.7 Å². The smallest absolute Gasteiger partial charge is 0.169 e. The van der Waals surface area contributed by atoms with Crippen LogP contribution in [0.25, 0.3) is 21.8 Å². The predicted octanol–water partition coefficient (Wildman–Crippen LogP) is 3.02. The zero-order valence-corrected chi connectivity index (χ0v) is 18.4. The van der Waals surface area contributed by atoms with E-state index in [0.717, 1.165) is 10.9 Å². The molecule has 0 bridgehead atoms. The first kappa shape index (κ1) is 21.2. The van der Waals surface area contributed by atoms with Crippen LogP contribution in [0, 0.1) is 5.41 Å². The van der Waals surface area contributed by atoms with Gasteiger partial charge in [-0.2, -0.15) is 0 Å². The van der Waals surface area contributed by atoms with Gasteiger partial charge in [-0.25, -0.2) is 4.98 Å². The molecule has 0 aliphatic carbocycles. The third-order valence-electron chi connectivity index (χ3n) is 5.17. The van der Waals surface area contributed by atoms with Gasteiger partial charge in [0.2, 0.25) is 0 Å². The van der Waals surface area contributed by atoms with Gasteiger partial charge in [-0.05, 0) is 29.8 Å². The summed E-state index contributed by atoms with van der Waals surface area (Å²) in [5, 5.41) is 24.8. The monoisotopic (exact) mass is 439 g/mol. The number of ether oxygens (including phenoxy) is 2. The largest absolute Gasteiger partial charge is 0.493 e. The maximum Gasteiger partial charge on any atom is 0.169 e. The summed E-state index contributed by atoms with van der Waals surface area (Å²) >= 11 is 1.47. The molecule has 0 radical (unpaired) electrons. The van der Waals surface area contributed by atoms with Crippen molar-refractivity contribution >= 4 is 33.6 Å². The number of aliphatic hydroxyl groups excluding tert-OH is 1. The van der Waals surface area contributed by atoms with Crippen LogP contribution in [0.1, 0.15) is 11.9 Å². The van der Waals surface area contributed by atoms with E-state index >= 15 is 0 Å². The van der Waals surface area contributed by atoms with Crippen molar-refractivity contribution < 1.29 is 14.6 Å². The number of methoxy groups -OCH3 is 2. The van der Waals surface area contributed by atoms with Gasteiger partial charge >= 0.3 is 0 Å². The topological polar surface area (TPSA) is 108 Å². The van der Waals surface area contributed by atoms with Crippen LogP contribution in [-0.2, 0) is 6.54 Å². The lowest BCUT2D eigenvalue weighted by atomic mass is 10.2. The zero-order chi connectivity index (χ0) is 22.0. The quantitative estimate of drug-likeness (QED) is 0.191. The van der Waals surface area contributed by atoms with Crippen LogP contribution in [-0.4, -0.2) is 46.7 Å². The number of rotatable bonds is 8. The van der Waals surface area contributed by atoms with Crippen molar-refractivity contribution in [3.63, 3.8) is 0 Å². The highest BCUT2D eigenvalue weighted by Gasteiger charge is 2.14. The third kappa shape index (κ3) is 4.12. The summed E-state index contributed by atoms with van der Waals surface area (Å²) in [6, 6.07) is 13.4. The Bertz CT molecular complexity index is 1250. The summed E-state index contributed by atoms with van der Waals surface area (Å²) in [4.78, 5) is 7.92. The number of aliphatic hydroxyl groups is 1. The highest BCUT2D eigenvalue weighted by atomic mass is 32.2. The van der Waals surface area contributed by atoms with Crippen molar-refractivity contribution in [1.29, 1.82) is 5.41 Å². The van der Waals surface area contributed by atoms with Crippen LogP contribution in [0.15, 0.2) is 47.6 Å². The fourth-order valence-electron chi connectivity index (χ4n) is 3.58. The molecular formula is C22H25N5O3S. The van der Waals surface area contributed by atoms with Crippen LogP contribution in [0.3, 0.4) is 0 Å². The number of para-hydroxylation sites is 1. The maximum absolute atomic E-state index is 10.5. The molecule has 2 heterocycles. The van der Waals surface area contributed by atoms with Crippen LogP contribution in [0.4, 0.5) is 0 Å². The first-order valence-electron chi connectivity index (χ1n) is 9.80. The number of benzene rings is 2. The van der Waals surface area contributed by atoms with Gasteiger partial charge in [0.1, 0.15) is 11.7 Å². The van der Waals surface area contributed by atoms with Gasteiger partial charge in [-0.15, -0.1) is 0 Å². The van der Waals surface area contributed by atoms with Crippen molar-refractivity contribution in [2.45, 2.75) is 17.9 Å². The fourth-order valence-corrected chi connectivity index (χ4v) is 4.18. The normalized spacial score (nSPS) is 12.4. The van der Waals surface area contributed by atoms with Crippen molar-refractivity contribution in [3.8, 4) is 11.5 Å². The second kappa shape index (κ2) is 9.01. The molecule has 0 saturated heterocycles. The third-order valence-corrected chi connectivity index (χ3v) is 5.85. The number of aromatic amines is 1. The molecule has 0 aliphatic heterocycles. The van der Waals surface area contributed by atoms with E-state index < -0.39 is 6.23 Å². The fraction of sp³-hybridized carbons (Fsp3) is 0.273. The number of fused-ring (bicyclic) bond motifs is 2. The standard InChI is InChI=1S/C22H25N5O3S/c1-29-18-11-14-16(12-19(18)30-2)26-22(31-3)27(20(14)23)9-8-24-21(28)17-10-13-6-4-5-7-15(13)25-17/h4-7,10-12,21,23-25,28H,8-9H2,1-3H3. The maximum atomic E-state index is 10.5. The van der Waals surface area contributed by atoms with Crippen LogP contribution >= 0.6 is 11.8 Å². The molecule has 1 unspecified atom stereocenters. The summed E-state index contributed by atoms with van der Waals surface area (Å²) in [5.41, 5.74) is 2.69. The van der Waals surface area contributed by atoms with Gasteiger partial charge < -0.3 is 24.1 Å². The predicted molar refractivity (Wildman–Crippen MR) is 122 cm³/mol. The highest BCUT2D eigenvalue weighted by molar-refractivity contribution is 7.98. The Balaban J connectivity index is 1.57. The molecule has 4 rings (SSSR count). The molecule has 0 aliphatic rings. The van der Waals surface area contributed by atoms with E-state index in [1.807, 2.05) is 41.2 Å². The van der Waals surface area contributed by atoms with Gasteiger partial charge in [-0.1, -0.05) is 30.0 Å². The first-order valence-corrected chi connectivity index (χ1v) is 11.0. The SMILES string of the molecule is COc1cc2nc(SC)n(CCNC(O)c3cc4ccccc4[nH]3)c(=N)c2cc1OC. The Labute approximate surface area is 183 Å². The summed E-state index contributed by atoms with van der Waals surface area (Å²) in [7, 11) is 3.15. The zero-order valence-electron chi connectivity index (χ0n) is 17.6. The average molecular weight is 440 g/mol. The van der Waals surface area contributed by atoms with E-state index in [1.54, 1.807) is 26.4 Å². The Morgan fingerprint density at radius 3 is 2.65 bits per heavy atom. The second-order valence-electron chi connectivity index (χ2n) is 6.99. The molecule has 4 aromatic rings. The lowest BCUT2D eigenvalue weighted by Gasteiger charge is -2.17. The Morgan fingerprint density at radius 1 is 1.19 bits per heavy atom. The minimum Gasteiger partial charge on any atom is -0.493 e. The van der Waals surface area contributed by atoms with Gasteiger partial charge in [0.05, 0.1) is 25.4 Å². The first-order chi connectivity index (χ1) is 15.0. The van der Waals surface area contributed by atoms with E-state index in [4.69, 9.17) is 19.9 Å². The molecule has 0 spiro atoms. The molecular weight excluding hydrogens is 414 g/mol. The van der Waals surface area contributed by atoms with Crippen LogP contribution in [0.2, 0.25) is 0 Å². The lowest BCUT2D eigenvalue weighted by Crippen LogP contribution is -2.31. The molecule has 4 N–H and O–H groups in total. The number of aromatic nitrogens is 3. The summed E-state index contributed by atoms with van der Waals surface area (Å²) in [6.07, 6.45) is 1.09. The highest BCUT2D eigenvalue weighted by Crippen LogP contribution is 2.30. The van der Waals surface area contributed by atoms with Crippen molar-refractivity contribution in [2.24, 2.45) is 0 Å². The molecule has 0 fully saturated rings. The van der Waals surface area contributed by atoms with E-state index in [-0.39, 0.29) is 0 Å². The van der Waals surface area contributed by atoms with Crippen LogP contribution in [0.5, 0.6) is 11.5 Å². The minimum atomic E-state index is -0.835. The average Bonchev–Trinajstić information content (AvgIpc) is 3.24. The van der Waals surface area contributed by atoms with Crippen LogP contribution < -0.4 is 20.3 Å². The molecule has 2 aromatic heterocycles. The number of nitrogens with zero attached hydrogens (tertiary/aromatic N) is 2. The molecule has 2 aromatic carbocycles. The number of hydrogen-bond acceptors (Lipinski definition) is 7. The Kier molecular flexibility index (Phi) is 6.17. The van der Waals surface area contributed by atoms with E-state index in [2.05, 4.69) is 10.3 Å². The van der Waals surface area contributed by atoms with E-state index in [0.29, 0.717) is 51.8 Å². The number of hydrogen-bond donors (Lipinski definition) is 4. The molecule has 0 amide bonds. The summed E-state index contributed by atoms with van der Waals surface area (Å²) in [6.45, 7) is 0.935. The van der Waals surface area contributed by atoms with Gasteiger partial charge in [0.15, 0.2) is 16.7 Å². The Morgan fingerprint density at radius 2 is 1.94 bits per heavy atom. The summed E-state index contributed by atoms with van der Waals surface area (Å²) < 4.78 is 12.6. The summed E-state index contributed by atoms with van der Waals surface area (Å²) in [5.74, 6) is 1.14. The lowest BCUT2D eigenvalue weighted by molar-refractivity contribution is 0.134. The van der Waals surface area contributed by atoms with Crippen molar-refractivity contribution in [2.75, 3.05) is 27.0 Å². The van der Waals surface area contributed by atoms with E-state index in [1.165, 1.54) is 11.8 Å².